The van der Waals surface area contributed by atoms with Crippen LogP contribution in [0.3, 0.4) is 0 Å². The van der Waals surface area contributed by atoms with Crippen LogP contribution in [0.4, 0.5) is 5.69 Å². The minimum absolute atomic E-state index is 0.120. The zero-order chi connectivity index (χ0) is 17.9. The second kappa shape index (κ2) is 6.80. The van der Waals surface area contributed by atoms with E-state index in [4.69, 9.17) is 4.42 Å². The molecule has 0 saturated carbocycles. The topological polar surface area (TPSA) is 68.0 Å². The SMILES string of the molecule is Cc1nc(-c2ccccc2)oc1CC(=O)Nc1cccc2cccnc12. The maximum Gasteiger partial charge on any atom is 0.232 e. The van der Waals surface area contributed by atoms with Crippen molar-refractivity contribution in [3.05, 3.63) is 78.3 Å². The predicted molar refractivity (Wildman–Crippen MR) is 101 cm³/mol. The fraction of sp³-hybridized carbons (Fsp3) is 0.0952. The lowest BCUT2D eigenvalue weighted by Crippen LogP contribution is -2.15. The van der Waals surface area contributed by atoms with E-state index in [0.717, 1.165) is 22.2 Å². The van der Waals surface area contributed by atoms with Gasteiger partial charge in [0.2, 0.25) is 11.8 Å². The number of benzene rings is 2. The Morgan fingerprint density at radius 3 is 2.69 bits per heavy atom. The summed E-state index contributed by atoms with van der Waals surface area (Å²) in [7, 11) is 0. The van der Waals surface area contributed by atoms with Crippen molar-refractivity contribution in [3.63, 3.8) is 0 Å². The molecule has 1 amide bonds. The second-order valence-electron chi connectivity index (χ2n) is 6.00. The van der Waals surface area contributed by atoms with Crippen molar-refractivity contribution in [3.8, 4) is 11.5 Å². The van der Waals surface area contributed by atoms with E-state index in [1.165, 1.54) is 0 Å². The zero-order valence-corrected chi connectivity index (χ0v) is 14.3. The van der Waals surface area contributed by atoms with Gasteiger partial charge in [-0.3, -0.25) is 9.78 Å². The van der Waals surface area contributed by atoms with Gasteiger partial charge in [-0.05, 0) is 31.2 Å². The Balaban J connectivity index is 1.54. The molecule has 4 aromatic rings. The Morgan fingerprint density at radius 1 is 1.04 bits per heavy atom. The number of oxazole rings is 1. The van der Waals surface area contributed by atoms with Crippen LogP contribution in [0.25, 0.3) is 22.4 Å². The fourth-order valence-corrected chi connectivity index (χ4v) is 2.84. The number of fused-ring (bicyclic) bond motifs is 1. The molecule has 0 fully saturated rings. The first-order chi connectivity index (χ1) is 12.7. The summed E-state index contributed by atoms with van der Waals surface area (Å²) < 4.78 is 5.81. The molecule has 0 bridgehead atoms. The summed E-state index contributed by atoms with van der Waals surface area (Å²) in [5, 5.41) is 3.90. The Labute approximate surface area is 150 Å². The largest absolute Gasteiger partial charge is 0.440 e. The summed E-state index contributed by atoms with van der Waals surface area (Å²) in [4.78, 5) is 21.3. The first kappa shape index (κ1) is 16.0. The Kier molecular flexibility index (Phi) is 4.19. The van der Waals surface area contributed by atoms with Gasteiger partial charge in [-0.2, -0.15) is 0 Å². The molecule has 2 aromatic carbocycles. The molecule has 0 saturated heterocycles. The standard InChI is InChI=1S/C21H17N3O2/c1-14-18(26-21(23-14)16-7-3-2-4-8-16)13-19(25)24-17-11-5-9-15-10-6-12-22-20(15)17/h2-12H,13H2,1H3,(H,24,25). The molecule has 0 aliphatic carbocycles. The number of carbonyl (C=O) groups excluding carboxylic acids is 1. The first-order valence-electron chi connectivity index (χ1n) is 8.36. The second-order valence-corrected chi connectivity index (χ2v) is 6.00. The minimum atomic E-state index is -0.165. The smallest absolute Gasteiger partial charge is 0.232 e. The molecule has 5 nitrogen and oxygen atoms in total. The molecule has 5 heteroatoms. The van der Waals surface area contributed by atoms with Gasteiger partial charge in [0.1, 0.15) is 5.76 Å². The van der Waals surface area contributed by atoms with E-state index < -0.39 is 0 Å². The van der Waals surface area contributed by atoms with E-state index in [1.54, 1.807) is 6.20 Å². The van der Waals surface area contributed by atoms with Crippen LogP contribution in [0.2, 0.25) is 0 Å². The number of amides is 1. The molecular weight excluding hydrogens is 326 g/mol. The van der Waals surface area contributed by atoms with Gasteiger partial charge >= 0.3 is 0 Å². The summed E-state index contributed by atoms with van der Waals surface area (Å²) in [5.41, 5.74) is 3.06. The lowest BCUT2D eigenvalue weighted by atomic mass is 10.2. The molecule has 0 aliphatic heterocycles. The average Bonchev–Trinajstić information content (AvgIpc) is 3.03. The number of hydrogen-bond acceptors (Lipinski definition) is 4. The number of nitrogens with one attached hydrogen (secondary N) is 1. The molecule has 0 radical (unpaired) electrons. The fourth-order valence-electron chi connectivity index (χ4n) is 2.84. The predicted octanol–water partition coefficient (Wildman–Crippen LogP) is 4.38. The number of para-hydroxylation sites is 1. The third-order valence-electron chi connectivity index (χ3n) is 4.14. The van der Waals surface area contributed by atoms with Gasteiger partial charge in [-0.25, -0.2) is 4.98 Å². The summed E-state index contributed by atoms with van der Waals surface area (Å²) in [5.74, 6) is 0.925. The van der Waals surface area contributed by atoms with E-state index in [0.29, 0.717) is 17.3 Å². The highest BCUT2D eigenvalue weighted by molar-refractivity contribution is 6.00. The van der Waals surface area contributed by atoms with Crippen molar-refractivity contribution >= 4 is 22.5 Å². The number of rotatable bonds is 4. The summed E-state index contributed by atoms with van der Waals surface area (Å²) in [6.07, 6.45) is 1.83. The maximum absolute atomic E-state index is 12.5. The lowest BCUT2D eigenvalue weighted by Gasteiger charge is -2.07. The third kappa shape index (κ3) is 3.19. The van der Waals surface area contributed by atoms with Gasteiger partial charge in [0.05, 0.1) is 23.3 Å². The molecule has 128 valence electrons. The monoisotopic (exact) mass is 343 g/mol. The molecular formula is C21H17N3O2. The van der Waals surface area contributed by atoms with Gasteiger partial charge in [0, 0.05) is 17.1 Å². The number of carbonyl (C=O) groups is 1. The number of pyridine rings is 1. The third-order valence-corrected chi connectivity index (χ3v) is 4.14. The van der Waals surface area contributed by atoms with E-state index in [1.807, 2.05) is 67.6 Å². The molecule has 1 N–H and O–H groups in total. The molecule has 0 spiro atoms. The molecule has 0 unspecified atom stereocenters. The molecule has 2 heterocycles. The van der Waals surface area contributed by atoms with Crippen molar-refractivity contribution in [1.29, 1.82) is 0 Å². The van der Waals surface area contributed by atoms with Crippen molar-refractivity contribution in [2.75, 3.05) is 5.32 Å². The molecule has 2 aromatic heterocycles. The summed E-state index contributed by atoms with van der Waals surface area (Å²) >= 11 is 0. The minimum Gasteiger partial charge on any atom is -0.440 e. The number of anilines is 1. The summed E-state index contributed by atoms with van der Waals surface area (Å²) in [6.45, 7) is 1.85. The normalized spacial score (nSPS) is 10.8. The number of aryl methyl sites for hydroxylation is 1. The lowest BCUT2D eigenvalue weighted by molar-refractivity contribution is -0.115. The van der Waals surface area contributed by atoms with Crippen molar-refractivity contribution in [1.82, 2.24) is 9.97 Å². The summed E-state index contributed by atoms with van der Waals surface area (Å²) in [6, 6.07) is 19.2. The van der Waals surface area contributed by atoms with E-state index in [9.17, 15) is 4.79 Å². The van der Waals surface area contributed by atoms with Crippen molar-refractivity contribution in [2.24, 2.45) is 0 Å². The van der Waals surface area contributed by atoms with E-state index in [-0.39, 0.29) is 12.3 Å². The maximum atomic E-state index is 12.5. The first-order valence-corrected chi connectivity index (χ1v) is 8.36. The average molecular weight is 343 g/mol. The van der Waals surface area contributed by atoms with Gasteiger partial charge in [0.15, 0.2) is 0 Å². The van der Waals surface area contributed by atoms with E-state index >= 15 is 0 Å². The number of hydrogen-bond donors (Lipinski definition) is 1. The van der Waals surface area contributed by atoms with Crippen LogP contribution in [0.1, 0.15) is 11.5 Å². The van der Waals surface area contributed by atoms with Gasteiger partial charge in [-0.1, -0.05) is 36.4 Å². The van der Waals surface area contributed by atoms with Gasteiger partial charge in [-0.15, -0.1) is 0 Å². The Morgan fingerprint density at radius 2 is 1.85 bits per heavy atom. The highest BCUT2D eigenvalue weighted by Crippen LogP contribution is 2.23. The molecule has 0 atom stereocenters. The zero-order valence-electron chi connectivity index (χ0n) is 14.3. The van der Waals surface area contributed by atoms with Crippen LogP contribution >= 0.6 is 0 Å². The quantitative estimate of drug-likeness (QED) is 0.597. The molecule has 4 rings (SSSR count). The highest BCUT2D eigenvalue weighted by Gasteiger charge is 2.15. The number of nitrogens with zero attached hydrogens (tertiary/aromatic N) is 2. The Hall–Kier alpha value is -3.47. The van der Waals surface area contributed by atoms with Gasteiger partial charge < -0.3 is 9.73 Å². The van der Waals surface area contributed by atoms with E-state index in [2.05, 4.69) is 15.3 Å². The number of aromatic nitrogens is 2. The van der Waals surface area contributed by atoms with Crippen LogP contribution in [-0.2, 0) is 11.2 Å². The van der Waals surface area contributed by atoms with Crippen LogP contribution in [-0.4, -0.2) is 15.9 Å². The van der Waals surface area contributed by atoms with Gasteiger partial charge in [0.25, 0.3) is 0 Å². The van der Waals surface area contributed by atoms with Crippen molar-refractivity contribution < 1.29 is 9.21 Å². The highest BCUT2D eigenvalue weighted by atomic mass is 16.4. The van der Waals surface area contributed by atoms with Crippen LogP contribution in [0.5, 0.6) is 0 Å². The van der Waals surface area contributed by atoms with Crippen LogP contribution in [0, 0.1) is 6.92 Å². The van der Waals surface area contributed by atoms with Crippen molar-refractivity contribution in [2.45, 2.75) is 13.3 Å². The Bertz CT molecular complexity index is 1070. The molecule has 0 aliphatic rings. The van der Waals surface area contributed by atoms with Crippen LogP contribution < -0.4 is 5.32 Å². The van der Waals surface area contributed by atoms with Crippen LogP contribution in [0.15, 0.2) is 71.3 Å². The molecule has 26 heavy (non-hydrogen) atoms.